The number of aliphatic carboxylic acids is 1. The van der Waals surface area contributed by atoms with Gasteiger partial charge in [0.05, 0.1) is 5.37 Å². The van der Waals surface area contributed by atoms with Gasteiger partial charge >= 0.3 is 5.97 Å². The average molecular weight is 274 g/mol. The molecule has 3 N–H and O–H groups in total. The van der Waals surface area contributed by atoms with Crippen LogP contribution in [-0.2, 0) is 9.59 Å². The second-order valence-electron chi connectivity index (χ2n) is 5.40. The predicted octanol–water partition coefficient (Wildman–Crippen LogP) is 1.27. The monoisotopic (exact) mass is 274 g/mol. The third-order valence-electron chi connectivity index (χ3n) is 2.81. The minimum Gasteiger partial charge on any atom is -0.480 e. The summed E-state index contributed by atoms with van der Waals surface area (Å²) in [5.41, 5.74) is 5.24. The fourth-order valence-electron chi connectivity index (χ4n) is 2.04. The molecule has 1 amide bonds. The number of thioether (sulfide) groups is 1. The summed E-state index contributed by atoms with van der Waals surface area (Å²) in [5.74, 6) is -0.612. The van der Waals surface area contributed by atoms with Crippen molar-refractivity contribution >= 4 is 23.6 Å². The number of rotatable bonds is 5. The second-order valence-corrected chi connectivity index (χ2v) is 6.61. The number of carboxylic acid groups (broad SMARTS) is 1. The second kappa shape index (κ2) is 5.93. The quantitative estimate of drug-likeness (QED) is 0.788. The summed E-state index contributed by atoms with van der Waals surface area (Å²) in [6.45, 7) is 5.58. The van der Waals surface area contributed by atoms with E-state index in [-0.39, 0.29) is 17.7 Å². The minimum atomic E-state index is -0.927. The number of hydrogen-bond donors (Lipinski definition) is 2. The number of carbonyl (C=O) groups is 2. The van der Waals surface area contributed by atoms with E-state index in [1.54, 1.807) is 25.6 Å². The molecule has 1 heterocycles. The lowest BCUT2D eigenvalue weighted by Crippen LogP contribution is -2.49. The standard InChI is InChI=1S/C12H22N2O3S/c1-4-5-10-14(8(7-18-10)11(16)17)9(15)6-12(2,3)13/h8,10H,4-7,13H2,1-3H3,(H,16,17). The molecule has 0 aliphatic carbocycles. The van der Waals surface area contributed by atoms with Crippen LogP contribution >= 0.6 is 11.8 Å². The molecule has 6 heteroatoms. The van der Waals surface area contributed by atoms with E-state index < -0.39 is 17.6 Å². The maximum Gasteiger partial charge on any atom is 0.327 e. The molecule has 5 nitrogen and oxygen atoms in total. The summed E-state index contributed by atoms with van der Waals surface area (Å²) in [5, 5.41) is 9.16. The van der Waals surface area contributed by atoms with Crippen LogP contribution in [0.15, 0.2) is 0 Å². The first-order valence-electron chi connectivity index (χ1n) is 6.20. The Kier molecular flexibility index (Phi) is 5.04. The third kappa shape index (κ3) is 3.88. The smallest absolute Gasteiger partial charge is 0.327 e. The first-order chi connectivity index (χ1) is 8.26. The Morgan fingerprint density at radius 1 is 1.50 bits per heavy atom. The van der Waals surface area contributed by atoms with Crippen LogP contribution in [0, 0.1) is 0 Å². The van der Waals surface area contributed by atoms with E-state index in [4.69, 9.17) is 5.73 Å². The van der Waals surface area contributed by atoms with Gasteiger partial charge < -0.3 is 15.7 Å². The molecule has 0 spiro atoms. The van der Waals surface area contributed by atoms with Crippen molar-refractivity contribution in [2.45, 2.75) is 57.0 Å². The molecule has 1 aliphatic heterocycles. The average Bonchev–Trinajstić information content (AvgIpc) is 2.59. The Morgan fingerprint density at radius 2 is 2.11 bits per heavy atom. The van der Waals surface area contributed by atoms with Crippen molar-refractivity contribution in [3.8, 4) is 0 Å². The number of nitrogens with zero attached hydrogens (tertiary/aromatic N) is 1. The van der Waals surface area contributed by atoms with Crippen LogP contribution < -0.4 is 5.73 Å². The molecule has 104 valence electrons. The molecule has 0 radical (unpaired) electrons. The Bertz CT molecular complexity index is 328. The van der Waals surface area contributed by atoms with Crippen LogP contribution in [0.2, 0.25) is 0 Å². The van der Waals surface area contributed by atoms with Gasteiger partial charge in [0.2, 0.25) is 5.91 Å². The van der Waals surface area contributed by atoms with Crippen molar-refractivity contribution in [2.24, 2.45) is 5.73 Å². The first kappa shape index (κ1) is 15.3. The Morgan fingerprint density at radius 3 is 2.56 bits per heavy atom. The van der Waals surface area contributed by atoms with Gasteiger partial charge in [-0.1, -0.05) is 13.3 Å². The molecule has 2 atom stereocenters. The van der Waals surface area contributed by atoms with E-state index in [9.17, 15) is 14.7 Å². The van der Waals surface area contributed by atoms with Gasteiger partial charge in [-0.3, -0.25) is 4.79 Å². The Labute approximate surface area is 112 Å². The molecule has 0 aromatic heterocycles. The van der Waals surface area contributed by atoms with Crippen molar-refractivity contribution in [1.29, 1.82) is 0 Å². The van der Waals surface area contributed by atoms with Gasteiger partial charge in [-0.25, -0.2) is 4.79 Å². The highest BCUT2D eigenvalue weighted by Crippen LogP contribution is 2.33. The van der Waals surface area contributed by atoms with E-state index in [2.05, 4.69) is 0 Å². The molecule has 0 bridgehead atoms. The highest BCUT2D eigenvalue weighted by molar-refractivity contribution is 8.00. The first-order valence-corrected chi connectivity index (χ1v) is 7.25. The summed E-state index contributed by atoms with van der Waals surface area (Å²) in [4.78, 5) is 24.9. The summed E-state index contributed by atoms with van der Waals surface area (Å²) in [7, 11) is 0. The van der Waals surface area contributed by atoms with Crippen LogP contribution in [0.4, 0.5) is 0 Å². The number of hydrogen-bond acceptors (Lipinski definition) is 4. The largest absolute Gasteiger partial charge is 0.480 e. The molecule has 1 fully saturated rings. The number of carbonyl (C=O) groups excluding carboxylic acids is 1. The zero-order valence-electron chi connectivity index (χ0n) is 11.2. The fraction of sp³-hybridized carbons (Fsp3) is 0.833. The minimum absolute atomic E-state index is 0.0223. The summed E-state index contributed by atoms with van der Waals surface area (Å²) in [6.07, 6.45) is 1.93. The molecule has 18 heavy (non-hydrogen) atoms. The Balaban J connectivity index is 2.82. The summed E-state index contributed by atoms with van der Waals surface area (Å²) < 4.78 is 0. The SMILES string of the molecule is CCCC1SCC(C(=O)O)N1C(=O)CC(C)(C)N. The van der Waals surface area contributed by atoms with Crippen LogP contribution in [0.1, 0.15) is 40.0 Å². The van der Waals surface area contributed by atoms with E-state index in [0.717, 1.165) is 12.8 Å². The lowest BCUT2D eigenvalue weighted by Gasteiger charge is -2.30. The normalized spacial score (nSPS) is 24.3. The van der Waals surface area contributed by atoms with Gasteiger partial charge in [-0.05, 0) is 20.3 Å². The fourth-order valence-corrected chi connectivity index (χ4v) is 3.57. The van der Waals surface area contributed by atoms with Crippen molar-refractivity contribution in [2.75, 3.05) is 5.75 Å². The van der Waals surface area contributed by atoms with Crippen LogP contribution in [0.3, 0.4) is 0 Å². The molecule has 0 saturated carbocycles. The topological polar surface area (TPSA) is 83.6 Å². The van der Waals surface area contributed by atoms with Gasteiger partial charge in [-0.15, -0.1) is 11.8 Å². The van der Waals surface area contributed by atoms with Gasteiger partial charge in [0.25, 0.3) is 0 Å². The molecule has 1 aliphatic rings. The molecular weight excluding hydrogens is 252 g/mol. The molecular formula is C12H22N2O3S. The summed E-state index contributed by atoms with van der Waals surface area (Å²) >= 11 is 1.55. The number of nitrogens with two attached hydrogens (primary N) is 1. The van der Waals surface area contributed by atoms with E-state index >= 15 is 0 Å². The van der Waals surface area contributed by atoms with Gasteiger partial charge in [0, 0.05) is 17.7 Å². The lowest BCUT2D eigenvalue weighted by atomic mass is 10.0. The molecule has 0 aromatic carbocycles. The van der Waals surface area contributed by atoms with E-state index in [1.807, 2.05) is 6.92 Å². The van der Waals surface area contributed by atoms with Crippen LogP contribution in [0.25, 0.3) is 0 Å². The molecule has 0 aromatic rings. The third-order valence-corrected chi connectivity index (χ3v) is 4.16. The molecule has 1 rings (SSSR count). The van der Waals surface area contributed by atoms with Gasteiger partial charge in [-0.2, -0.15) is 0 Å². The van der Waals surface area contributed by atoms with Crippen molar-refractivity contribution in [1.82, 2.24) is 4.90 Å². The molecule has 1 saturated heterocycles. The highest BCUT2D eigenvalue weighted by atomic mass is 32.2. The number of amides is 1. The predicted molar refractivity (Wildman–Crippen MR) is 72.3 cm³/mol. The van der Waals surface area contributed by atoms with Gasteiger partial charge in [0.1, 0.15) is 6.04 Å². The molecule has 2 unspecified atom stereocenters. The maximum absolute atomic E-state index is 12.2. The Hall–Kier alpha value is -0.750. The maximum atomic E-state index is 12.2. The van der Waals surface area contributed by atoms with E-state index in [1.165, 1.54) is 4.90 Å². The zero-order chi connectivity index (χ0) is 13.9. The zero-order valence-corrected chi connectivity index (χ0v) is 12.0. The van der Waals surface area contributed by atoms with Gasteiger partial charge in [0.15, 0.2) is 0 Å². The lowest BCUT2D eigenvalue weighted by molar-refractivity contribution is -0.149. The van der Waals surface area contributed by atoms with Crippen molar-refractivity contribution < 1.29 is 14.7 Å². The summed E-state index contributed by atoms with van der Waals surface area (Å²) in [6, 6.07) is -0.707. The van der Waals surface area contributed by atoms with Crippen molar-refractivity contribution in [3.05, 3.63) is 0 Å². The van der Waals surface area contributed by atoms with Crippen LogP contribution in [-0.4, -0.2) is 44.6 Å². The number of carboxylic acids is 1. The van der Waals surface area contributed by atoms with E-state index in [0.29, 0.717) is 5.75 Å². The van der Waals surface area contributed by atoms with Crippen molar-refractivity contribution in [3.63, 3.8) is 0 Å². The van der Waals surface area contributed by atoms with Crippen LogP contribution in [0.5, 0.6) is 0 Å². The highest BCUT2D eigenvalue weighted by Gasteiger charge is 2.41.